The maximum absolute atomic E-state index is 12.2. The van der Waals surface area contributed by atoms with E-state index >= 15 is 0 Å². The molecule has 9 heteroatoms. The van der Waals surface area contributed by atoms with E-state index in [2.05, 4.69) is 30.7 Å². The maximum Gasteiger partial charge on any atom is 0.228 e. The van der Waals surface area contributed by atoms with E-state index in [1.807, 2.05) is 18.2 Å². The molecule has 0 aliphatic heterocycles. The minimum absolute atomic E-state index is 0.0132. The maximum atomic E-state index is 12.2. The molecular formula is C20H19N7O2. The van der Waals surface area contributed by atoms with Gasteiger partial charge in [-0.2, -0.15) is 0 Å². The first-order valence-corrected chi connectivity index (χ1v) is 9.34. The van der Waals surface area contributed by atoms with Crippen molar-refractivity contribution in [1.82, 2.24) is 24.6 Å². The molecule has 0 spiro atoms. The molecule has 1 aliphatic rings. The zero-order valence-electron chi connectivity index (χ0n) is 16.0. The normalized spacial score (nSPS) is 13.6. The highest BCUT2D eigenvalue weighted by Gasteiger charge is 2.30. The fourth-order valence-corrected chi connectivity index (χ4v) is 3.25. The fourth-order valence-electron chi connectivity index (χ4n) is 3.25. The number of nitrogens with zero attached hydrogens (tertiary/aromatic N) is 5. The predicted octanol–water partition coefficient (Wildman–Crippen LogP) is 2.74. The van der Waals surface area contributed by atoms with Gasteiger partial charge in [0, 0.05) is 41.7 Å². The summed E-state index contributed by atoms with van der Waals surface area (Å²) in [6.45, 7) is 0. The summed E-state index contributed by atoms with van der Waals surface area (Å²) in [5.41, 5.74) is 1.45. The Morgan fingerprint density at radius 2 is 2.07 bits per heavy atom. The van der Waals surface area contributed by atoms with Gasteiger partial charge in [0.05, 0.1) is 13.3 Å². The topological polar surface area (TPSA) is 106 Å². The second-order valence-corrected chi connectivity index (χ2v) is 6.96. The first-order chi connectivity index (χ1) is 14.2. The van der Waals surface area contributed by atoms with E-state index in [9.17, 15) is 4.79 Å². The minimum atomic E-state index is 0.0132. The van der Waals surface area contributed by atoms with E-state index in [0.717, 1.165) is 29.2 Å². The van der Waals surface area contributed by atoms with Crippen molar-refractivity contribution in [3.8, 4) is 17.1 Å². The van der Waals surface area contributed by atoms with E-state index < -0.39 is 0 Å². The Kier molecular flexibility index (Phi) is 4.01. The Morgan fingerprint density at radius 1 is 1.21 bits per heavy atom. The van der Waals surface area contributed by atoms with Gasteiger partial charge in [-0.05, 0) is 31.0 Å². The number of rotatable bonds is 5. The second kappa shape index (κ2) is 6.69. The summed E-state index contributed by atoms with van der Waals surface area (Å²) in [6, 6.07) is 5.53. The number of carbonyl (C=O) groups is 1. The number of anilines is 2. The van der Waals surface area contributed by atoms with E-state index in [1.54, 1.807) is 37.3 Å². The van der Waals surface area contributed by atoms with Crippen molar-refractivity contribution in [1.29, 1.82) is 0 Å². The van der Waals surface area contributed by atoms with Gasteiger partial charge in [-0.3, -0.25) is 4.79 Å². The number of fused-ring (bicyclic) bond motifs is 2. The molecule has 0 unspecified atom stereocenters. The van der Waals surface area contributed by atoms with Crippen LogP contribution >= 0.6 is 0 Å². The van der Waals surface area contributed by atoms with E-state index in [4.69, 9.17) is 4.74 Å². The molecule has 0 aromatic carbocycles. The lowest BCUT2D eigenvalue weighted by molar-refractivity contribution is -0.117. The van der Waals surface area contributed by atoms with Gasteiger partial charge >= 0.3 is 0 Å². The van der Waals surface area contributed by atoms with Gasteiger partial charge in [-0.25, -0.2) is 19.5 Å². The van der Waals surface area contributed by atoms with Crippen LogP contribution < -0.4 is 15.4 Å². The number of nitrogens with one attached hydrogen (secondary N) is 2. The van der Waals surface area contributed by atoms with Crippen LogP contribution in [0.4, 0.5) is 11.6 Å². The number of carbonyl (C=O) groups excluding carboxylic acids is 1. The zero-order valence-corrected chi connectivity index (χ0v) is 16.0. The number of amides is 1. The van der Waals surface area contributed by atoms with Gasteiger partial charge in [0.25, 0.3) is 0 Å². The molecule has 0 radical (unpaired) electrons. The molecule has 9 nitrogen and oxygen atoms in total. The Labute approximate surface area is 166 Å². The first kappa shape index (κ1) is 17.4. The minimum Gasteiger partial charge on any atom is -0.495 e. The van der Waals surface area contributed by atoms with Gasteiger partial charge in [-0.1, -0.05) is 0 Å². The van der Waals surface area contributed by atoms with Crippen molar-refractivity contribution < 1.29 is 9.53 Å². The van der Waals surface area contributed by atoms with Crippen LogP contribution in [0.1, 0.15) is 12.8 Å². The molecule has 4 aromatic heterocycles. The molecule has 5 rings (SSSR count). The molecule has 2 N–H and O–H groups in total. The number of hydrogen-bond donors (Lipinski definition) is 2. The third-order valence-electron chi connectivity index (χ3n) is 4.99. The Balaban J connectivity index is 1.64. The van der Waals surface area contributed by atoms with Crippen molar-refractivity contribution in [2.24, 2.45) is 5.92 Å². The monoisotopic (exact) mass is 389 g/mol. The molecule has 4 aromatic rings. The molecule has 0 saturated heterocycles. The van der Waals surface area contributed by atoms with Gasteiger partial charge in [-0.15, -0.1) is 5.10 Å². The van der Waals surface area contributed by atoms with E-state index in [0.29, 0.717) is 28.9 Å². The summed E-state index contributed by atoms with van der Waals surface area (Å²) in [6.07, 6.45) is 7.08. The van der Waals surface area contributed by atoms with Crippen molar-refractivity contribution >= 4 is 34.0 Å². The summed E-state index contributed by atoms with van der Waals surface area (Å²) >= 11 is 0. The molecule has 4 heterocycles. The summed E-state index contributed by atoms with van der Waals surface area (Å²) in [5.74, 6) is 2.54. The highest BCUT2D eigenvalue weighted by atomic mass is 16.5. The SMILES string of the molecule is CNc1ncc(-c2nc3ccc(OC)cn3n2)c2cc(NC(=O)C3CC3)ncc12. The van der Waals surface area contributed by atoms with Crippen LogP contribution in [-0.2, 0) is 4.79 Å². The van der Waals surface area contributed by atoms with Gasteiger partial charge in [0.2, 0.25) is 5.91 Å². The number of pyridine rings is 3. The third-order valence-corrected chi connectivity index (χ3v) is 4.99. The highest BCUT2D eigenvalue weighted by molar-refractivity contribution is 6.03. The Bertz CT molecular complexity index is 1250. The summed E-state index contributed by atoms with van der Waals surface area (Å²) in [5, 5.41) is 12.2. The zero-order chi connectivity index (χ0) is 20.0. The second-order valence-electron chi connectivity index (χ2n) is 6.96. The molecule has 1 saturated carbocycles. The number of aromatic nitrogens is 5. The molecule has 146 valence electrons. The van der Waals surface area contributed by atoms with Crippen molar-refractivity contribution in [3.05, 3.63) is 36.8 Å². The lowest BCUT2D eigenvalue weighted by atomic mass is 10.1. The fraction of sp³-hybridized carbons (Fsp3) is 0.250. The summed E-state index contributed by atoms with van der Waals surface area (Å²) < 4.78 is 6.93. The van der Waals surface area contributed by atoms with Crippen LogP contribution in [0.3, 0.4) is 0 Å². The molecule has 1 aliphatic carbocycles. The van der Waals surface area contributed by atoms with Crippen LogP contribution in [0.5, 0.6) is 5.75 Å². The predicted molar refractivity (Wildman–Crippen MR) is 109 cm³/mol. The average molecular weight is 389 g/mol. The number of ether oxygens (including phenoxy) is 1. The lowest BCUT2D eigenvalue weighted by Gasteiger charge is -2.10. The highest BCUT2D eigenvalue weighted by Crippen LogP contribution is 2.33. The largest absolute Gasteiger partial charge is 0.495 e. The molecule has 1 amide bonds. The standard InChI is InChI=1S/C20H19N7O2/c1-21-18-14-8-22-16(24-20(28)11-3-4-11)7-13(14)15(9-23-18)19-25-17-6-5-12(29-2)10-27(17)26-19/h5-11H,3-4H2,1-2H3,(H,21,23)(H,22,24,28). The van der Waals surface area contributed by atoms with Crippen LogP contribution in [-0.4, -0.2) is 44.6 Å². The first-order valence-electron chi connectivity index (χ1n) is 9.34. The van der Waals surface area contributed by atoms with Crippen LogP contribution in [0, 0.1) is 5.92 Å². The summed E-state index contributed by atoms with van der Waals surface area (Å²) in [7, 11) is 3.41. The van der Waals surface area contributed by atoms with Gasteiger partial charge in [0.1, 0.15) is 17.4 Å². The van der Waals surface area contributed by atoms with Gasteiger partial charge in [0.15, 0.2) is 11.5 Å². The quantitative estimate of drug-likeness (QED) is 0.540. The van der Waals surface area contributed by atoms with E-state index in [1.165, 1.54) is 0 Å². The third kappa shape index (κ3) is 3.10. The van der Waals surface area contributed by atoms with Crippen LogP contribution in [0.25, 0.3) is 27.8 Å². The molecule has 0 atom stereocenters. The van der Waals surface area contributed by atoms with Crippen molar-refractivity contribution in [2.75, 3.05) is 24.8 Å². The van der Waals surface area contributed by atoms with Crippen molar-refractivity contribution in [2.45, 2.75) is 12.8 Å². The molecule has 29 heavy (non-hydrogen) atoms. The van der Waals surface area contributed by atoms with Crippen LogP contribution in [0.2, 0.25) is 0 Å². The van der Waals surface area contributed by atoms with Gasteiger partial charge < -0.3 is 15.4 Å². The Hall–Kier alpha value is -3.75. The van der Waals surface area contributed by atoms with E-state index in [-0.39, 0.29) is 11.8 Å². The van der Waals surface area contributed by atoms with Crippen LogP contribution in [0.15, 0.2) is 36.8 Å². The lowest BCUT2D eigenvalue weighted by Crippen LogP contribution is -2.14. The average Bonchev–Trinajstić information content (AvgIpc) is 3.51. The Morgan fingerprint density at radius 3 is 2.83 bits per heavy atom. The summed E-state index contributed by atoms with van der Waals surface area (Å²) in [4.78, 5) is 25.6. The number of hydrogen-bond acceptors (Lipinski definition) is 7. The number of methoxy groups -OCH3 is 1. The smallest absolute Gasteiger partial charge is 0.228 e. The molecule has 1 fully saturated rings. The van der Waals surface area contributed by atoms with Crippen molar-refractivity contribution in [3.63, 3.8) is 0 Å². The molecular weight excluding hydrogens is 370 g/mol. The molecule has 0 bridgehead atoms.